The van der Waals surface area contributed by atoms with Crippen molar-refractivity contribution in [3.05, 3.63) is 47.8 Å². The lowest BCUT2D eigenvalue weighted by Gasteiger charge is -2.20. The van der Waals surface area contributed by atoms with E-state index in [2.05, 4.69) is 5.32 Å². The Bertz CT molecular complexity index is 1100. The summed E-state index contributed by atoms with van der Waals surface area (Å²) in [5.41, 5.74) is 0.899. The van der Waals surface area contributed by atoms with Gasteiger partial charge in [-0.3, -0.25) is 9.59 Å². The zero-order valence-corrected chi connectivity index (χ0v) is 17.6. The monoisotopic (exact) mass is 435 g/mol. The normalized spacial score (nSPS) is 14.3. The molecule has 0 aromatic heterocycles. The third kappa shape index (κ3) is 4.14. The van der Waals surface area contributed by atoms with E-state index in [1.807, 2.05) is 0 Å². The first-order chi connectivity index (χ1) is 14.1. The minimum absolute atomic E-state index is 0.0218. The molecule has 3 rings (SSSR count). The maximum absolute atomic E-state index is 14.1. The van der Waals surface area contributed by atoms with Crippen molar-refractivity contribution in [3.63, 3.8) is 0 Å². The molecule has 0 bridgehead atoms. The van der Waals surface area contributed by atoms with E-state index in [0.29, 0.717) is 30.1 Å². The first kappa shape index (κ1) is 21.7. The van der Waals surface area contributed by atoms with Crippen LogP contribution in [0.4, 0.5) is 15.8 Å². The molecule has 1 saturated heterocycles. The standard InChI is InChI=1S/C20H22FN3O5S/c1-23(2)30(27,28)18-11-13(6-8-15(18)21)20(26)22-14-7-9-17(29-3)16(12-14)24-10-4-5-19(24)25/h6-9,11-12H,4-5,10H2,1-3H3,(H,22,26). The highest BCUT2D eigenvalue weighted by atomic mass is 32.2. The number of nitrogens with one attached hydrogen (secondary N) is 1. The average molecular weight is 435 g/mol. The maximum Gasteiger partial charge on any atom is 0.255 e. The van der Waals surface area contributed by atoms with E-state index in [0.717, 1.165) is 22.9 Å². The maximum atomic E-state index is 14.1. The number of methoxy groups -OCH3 is 1. The van der Waals surface area contributed by atoms with Gasteiger partial charge in [0.05, 0.1) is 12.8 Å². The van der Waals surface area contributed by atoms with Gasteiger partial charge in [-0.15, -0.1) is 0 Å². The number of benzene rings is 2. The molecule has 1 aliphatic rings. The molecule has 1 aliphatic heterocycles. The number of sulfonamides is 1. The molecule has 2 aromatic carbocycles. The Balaban J connectivity index is 1.91. The summed E-state index contributed by atoms with van der Waals surface area (Å²) < 4.78 is 44.8. The number of ether oxygens (including phenoxy) is 1. The van der Waals surface area contributed by atoms with Crippen LogP contribution in [0.5, 0.6) is 5.75 Å². The lowest BCUT2D eigenvalue weighted by Crippen LogP contribution is -2.25. The van der Waals surface area contributed by atoms with Gasteiger partial charge < -0.3 is 15.0 Å². The smallest absolute Gasteiger partial charge is 0.255 e. The van der Waals surface area contributed by atoms with Crippen LogP contribution in [0.25, 0.3) is 0 Å². The average Bonchev–Trinajstić information content (AvgIpc) is 3.13. The molecular formula is C20H22FN3O5S. The van der Waals surface area contributed by atoms with Crippen LogP contribution < -0.4 is 15.0 Å². The summed E-state index contributed by atoms with van der Waals surface area (Å²) in [5, 5.41) is 2.65. The number of anilines is 2. The summed E-state index contributed by atoms with van der Waals surface area (Å²) >= 11 is 0. The molecule has 0 saturated carbocycles. The number of nitrogens with zero attached hydrogens (tertiary/aromatic N) is 2. The van der Waals surface area contributed by atoms with Crippen molar-refractivity contribution in [1.82, 2.24) is 4.31 Å². The predicted molar refractivity (Wildman–Crippen MR) is 110 cm³/mol. The van der Waals surface area contributed by atoms with Gasteiger partial charge in [-0.1, -0.05) is 0 Å². The van der Waals surface area contributed by atoms with Crippen LogP contribution in [0.3, 0.4) is 0 Å². The van der Waals surface area contributed by atoms with Gasteiger partial charge in [0.15, 0.2) is 0 Å². The number of amides is 2. The Kier molecular flexibility index (Phi) is 6.09. The van der Waals surface area contributed by atoms with E-state index in [4.69, 9.17) is 4.74 Å². The van der Waals surface area contributed by atoms with Crippen LogP contribution in [0.15, 0.2) is 41.3 Å². The lowest BCUT2D eigenvalue weighted by molar-refractivity contribution is -0.117. The second-order valence-corrected chi connectivity index (χ2v) is 9.04. The molecule has 0 atom stereocenters. The van der Waals surface area contributed by atoms with Crippen molar-refractivity contribution in [2.75, 3.05) is 38.0 Å². The summed E-state index contributed by atoms with van der Waals surface area (Å²) in [5.74, 6) is -1.10. The molecule has 30 heavy (non-hydrogen) atoms. The van der Waals surface area contributed by atoms with Crippen LogP contribution in [0.2, 0.25) is 0 Å². The molecule has 2 aromatic rings. The van der Waals surface area contributed by atoms with Crippen LogP contribution in [0.1, 0.15) is 23.2 Å². The summed E-state index contributed by atoms with van der Waals surface area (Å²) in [6, 6.07) is 7.97. The molecule has 1 N–H and O–H groups in total. The molecular weight excluding hydrogens is 413 g/mol. The van der Waals surface area contributed by atoms with Crippen molar-refractivity contribution in [2.45, 2.75) is 17.7 Å². The quantitative estimate of drug-likeness (QED) is 0.752. The van der Waals surface area contributed by atoms with Gasteiger partial charge >= 0.3 is 0 Å². The summed E-state index contributed by atoms with van der Waals surface area (Å²) in [7, 11) is -0.00712. The predicted octanol–water partition coefficient (Wildman–Crippen LogP) is 2.46. The van der Waals surface area contributed by atoms with Gasteiger partial charge in [-0.25, -0.2) is 17.1 Å². The highest BCUT2D eigenvalue weighted by Gasteiger charge is 2.26. The fourth-order valence-corrected chi connectivity index (χ4v) is 4.11. The molecule has 0 radical (unpaired) electrons. The zero-order chi connectivity index (χ0) is 22.1. The van der Waals surface area contributed by atoms with E-state index >= 15 is 0 Å². The van der Waals surface area contributed by atoms with Crippen molar-refractivity contribution in [3.8, 4) is 5.75 Å². The van der Waals surface area contributed by atoms with Gasteiger partial charge in [-0.05, 0) is 42.8 Å². The van der Waals surface area contributed by atoms with Crippen LogP contribution in [0, 0.1) is 5.82 Å². The number of carbonyl (C=O) groups excluding carboxylic acids is 2. The Morgan fingerprint density at radius 2 is 1.93 bits per heavy atom. The molecule has 0 unspecified atom stereocenters. The summed E-state index contributed by atoms with van der Waals surface area (Å²) in [6.07, 6.45) is 1.18. The van der Waals surface area contributed by atoms with Crippen molar-refractivity contribution in [1.29, 1.82) is 0 Å². The zero-order valence-electron chi connectivity index (χ0n) is 16.8. The van der Waals surface area contributed by atoms with E-state index < -0.39 is 26.6 Å². The third-order valence-electron chi connectivity index (χ3n) is 4.75. The number of hydrogen-bond donors (Lipinski definition) is 1. The topological polar surface area (TPSA) is 96.0 Å². The fourth-order valence-electron chi connectivity index (χ4n) is 3.12. The first-order valence-corrected chi connectivity index (χ1v) is 10.6. The van der Waals surface area contributed by atoms with Gasteiger partial charge in [-0.2, -0.15) is 0 Å². The highest BCUT2D eigenvalue weighted by Crippen LogP contribution is 2.34. The van der Waals surface area contributed by atoms with E-state index in [1.165, 1.54) is 27.3 Å². The Labute approximate surface area is 174 Å². The number of hydrogen-bond acceptors (Lipinski definition) is 5. The molecule has 10 heteroatoms. The van der Waals surface area contributed by atoms with Gasteiger partial charge in [0.25, 0.3) is 5.91 Å². The molecule has 0 spiro atoms. The first-order valence-electron chi connectivity index (χ1n) is 9.17. The van der Waals surface area contributed by atoms with Crippen molar-refractivity contribution in [2.24, 2.45) is 0 Å². The molecule has 1 fully saturated rings. The van der Waals surface area contributed by atoms with Gasteiger partial charge in [0.2, 0.25) is 15.9 Å². The van der Waals surface area contributed by atoms with Gasteiger partial charge in [0.1, 0.15) is 16.5 Å². The van der Waals surface area contributed by atoms with Crippen LogP contribution in [-0.4, -0.2) is 52.3 Å². The molecule has 8 nitrogen and oxygen atoms in total. The third-order valence-corrected chi connectivity index (χ3v) is 6.58. The second-order valence-electron chi connectivity index (χ2n) is 6.92. The van der Waals surface area contributed by atoms with Crippen LogP contribution >= 0.6 is 0 Å². The number of halogens is 1. The van der Waals surface area contributed by atoms with Crippen molar-refractivity contribution >= 4 is 33.2 Å². The molecule has 0 aliphatic carbocycles. The SMILES string of the molecule is COc1ccc(NC(=O)c2ccc(F)c(S(=O)(=O)N(C)C)c2)cc1N1CCCC1=O. The summed E-state index contributed by atoms with van der Waals surface area (Å²) in [4.78, 5) is 25.8. The van der Waals surface area contributed by atoms with E-state index in [9.17, 15) is 22.4 Å². The van der Waals surface area contributed by atoms with Crippen molar-refractivity contribution < 1.29 is 27.1 Å². The fraction of sp³-hybridized carbons (Fsp3) is 0.300. The molecule has 160 valence electrons. The van der Waals surface area contributed by atoms with E-state index in [-0.39, 0.29) is 11.5 Å². The molecule has 2 amide bonds. The largest absolute Gasteiger partial charge is 0.495 e. The lowest BCUT2D eigenvalue weighted by atomic mass is 10.2. The minimum Gasteiger partial charge on any atom is -0.495 e. The number of rotatable bonds is 6. The Morgan fingerprint density at radius 3 is 2.53 bits per heavy atom. The summed E-state index contributed by atoms with van der Waals surface area (Å²) in [6.45, 7) is 0.552. The van der Waals surface area contributed by atoms with Crippen LogP contribution in [-0.2, 0) is 14.8 Å². The highest BCUT2D eigenvalue weighted by molar-refractivity contribution is 7.89. The minimum atomic E-state index is -4.05. The Morgan fingerprint density at radius 1 is 1.20 bits per heavy atom. The van der Waals surface area contributed by atoms with E-state index in [1.54, 1.807) is 23.1 Å². The molecule has 1 heterocycles. The second kappa shape index (κ2) is 8.41. The number of carbonyl (C=O) groups is 2. The van der Waals surface area contributed by atoms with Gasteiger partial charge in [0, 0.05) is 38.3 Å². The Hall–Kier alpha value is -2.98.